The van der Waals surface area contributed by atoms with E-state index in [2.05, 4.69) is 10.6 Å². The first-order valence-corrected chi connectivity index (χ1v) is 10.6. The number of benzene rings is 3. The molecule has 1 unspecified atom stereocenters. The highest BCUT2D eigenvalue weighted by Gasteiger charge is 2.35. The number of rotatable bonds is 6. The molecule has 3 aromatic carbocycles. The first kappa shape index (κ1) is 21.3. The zero-order chi connectivity index (χ0) is 22.5. The quantitative estimate of drug-likeness (QED) is 0.626. The molecule has 1 atom stereocenters. The summed E-state index contributed by atoms with van der Waals surface area (Å²) < 4.78 is 0. The number of hydrogen-bond donors (Lipinski definition) is 2. The first-order chi connectivity index (χ1) is 15.5. The fourth-order valence-electron chi connectivity index (χ4n) is 3.75. The summed E-state index contributed by atoms with van der Waals surface area (Å²) in [5.74, 6) is -1.10. The van der Waals surface area contributed by atoms with Gasteiger partial charge in [0.25, 0.3) is 5.91 Å². The van der Waals surface area contributed by atoms with Gasteiger partial charge in [0.1, 0.15) is 0 Å². The molecule has 162 valence electrons. The van der Waals surface area contributed by atoms with Gasteiger partial charge in [0, 0.05) is 25.2 Å². The van der Waals surface area contributed by atoms with Gasteiger partial charge in [-0.3, -0.25) is 14.4 Å². The van der Waals surface area contributed by atoms with Crippen molar-refractivity contribution in [1.82, 2.24) is 5.32 Å². The van der Waals surface area contributed by atoms with E-state index in [4.69, 9.17) is 0 Å². The number of aryl methyl sites for hydroxylation is 1. The van der Waals surface area contributed by atoms with E-state index in [0.717, 1.165) is 16.8 Å². The second-order valence-corrected chi connectivity index (χ2v) is 7.94. The highest BCUT2D eigenvalue weighted by atomic mass is 16.2. The second kappa shape index (κ2) is 9.47. The van der Waals surface area contributed by atoms with Crippen LogP contribution in [0.3, 0.4) is 0 Å². The highest BCUT2D eigenvalue weighted by Crippen LogP contribution is 2.26. The van der Waals surface area contributed by atoms with Crippen LogP contribution >= 0.6 is 0 Å². The van der Waals surface area contributed by atoms with Gasteiger partial charge < -0.3 is 15.5 Å². The third-order valence-corrected chi connectivity index (χ3v) is 5.57. The number of anilines is 2. The molecule has 6 heteroatoms. The van der Waals surface area contributed by atoms with E-state index >= 15 is 0 Å². The number of nitrogens with zero attached hydrogens (tertiary/aromatic N) is 1. The second-order valence-electron chi connectivity index (χ2n) is 7.94. The summed E-state index contributed by atoms with van der Waals surface area (Å²) in [6.45, 7) is 2.72. The van der Waals surface area contributed by atoms with E-state index in [9.17, 15) is 14.4 Å². The summed E-state index contributed by atoms with van der Waals surface area (Å²) in [5.41, 5.74) is 3.76. The topological polar surface area (TPSA) is 78.5 Å². The molecule has 1 heterocycles. The van der Waals surface area contributed by atoms with E-state index < -0.39 is 5.92 Å². The van der Waals surface area contributed by atoms with E-state index in [1.165, 1.54) is 0 Å². The molecule has 0 radical (unpaired) electrons. The molecular weight excluding hydrogens is 402 g/mol. The van der Waals surface area contributed by atoms with Crippen molar-refractivity contribution < 1.29 is 14.4 Å². The molecule has 32 heavy (non-hydrogen) atoms. The number of carbonyl (C=O) groups is 3. The van der Waals surface area contributed by atoms with Crippen molar-refractivity contribution in [2.75, 3.05) is 16.8 Å². The van der Waals surface area contributed by atoms with Crippen LogP contribution in [-0.4, -0.2) is 24.3 Å². The third kappa shape index (κ3) is 4.86. The van der Waals surface area contributed by atoms with Crippen molar-refractivity contribution >= 4 is 29.1 Å². The first-order valence-electron chi connectivity index (χ1n) is 10.6. The van der Waals surface area contributed by atoms with Crippen LogP contribution in [0.5, 0.6) is 0 Å². The summed E-state index contributed by atoms with van der Waals surface area (Å²) in [5, 5.41) is 5.75. The Hall–Kier alpha value is -3.93. The Labute approximate surface area is 187 Å². The molecule has 6 nitrogen and oxygen atoms in total. The molecule has 0 aromatic heterocycles. The van der Waals surface area contributed by atoms with Crippen LogP contribution < -0.4 is 15.5 Å². The maximum Gasteiger partial charge on any atom is 0.253 e. The van der Waals surface area contributed by atoms with Crippen LogP contribution in [0.1, 0.15) is 27.9 Å². The summed E-state index contributed by atoms with van der Waals surface area (Å²) >= 11 is 0. The van der Waals surface area contributed by atoms with Gasteiger partial charge in [-0.1, -0.05) is 60.2 Å². The zero-order valence-electron chi connectivity index (χ0n) is 17.9. The number of carbonyl (C=O) groups excluding carboxylic acids is 3. The van der Waals surface area contributed by atoms with Crippen LogP contribution in [0, 0.1) is 12.8 Å². The molecule has 4 rings (SSSR count). The Kier molecular flexibility index (Phi) is 6.31. The van der Waals surface area contributed by atoms with Crippen LogP contribution in [0.15, 0.2) is 78.9 Å². The third-order valence-electron chi connectivity index (χ3n) is 5.57. The Bertz CT molecular complexity index is 1130. The van der Waals surface area contributed by atoms with Gasteiger partial charge in [0.2, 0.25) is 11.8 Å². The molecule has 0 saturated carbocycles. The molecular formula is C26H25N3O3. The molecule has 0 spiro atoms. The van der Waals surface area contributed by atoms with Gasteiger partial charge in [-0.15, -0.1) is 0 Å². The van der Waals surface area contributed by atoms with Crippen LogP contribution in [-0.2, 0) is 16.1 Å². The lowest BCUT2D eigenvalue weighted by molar-refractivity contribution is -0.122. The minimum Gasteiger partial charge on any atom is -0.348 e. The van der Waals surface area contributed by atoms with Crippen molar-refractivity contribution in [1.29, 1.82) is 0 Å². The summed E-state index contributed by atoms with van der Waals surface area (Å²) in [6, 6.07) is 24.2. The number of amides is 3. The predicted molar refractivity (Wildman–Crippen MR) is 124 cm³/mol. The normalized spacial score (nSPS) is 15.5. The van der Waals surface area contributed by atoms with E-state index in [0.29, 0.717) is 24.3 Å². The van der Waals surface area contributed by atoms with E-state index in [1.807, 2.05) is 61.5 Å². The lowest BCUT2D eigenvalue weighted by atomic mass is 10.1. The monoisotopic (exact) mass is 427 g/mol. The predicted octanol–water partition coefficient (Wildman–Crippen LogP) is 3.92. The van der Waals surface area contributed by atoms with Gasteiger partial charge in [0.15, 0.2) is 0 Å². The summed E-state index contributed by atoms with van der Waals surface area (Å²) in [6.07, 6.45) is 0.141. The van der Waals surface area contributed by atoms with E-state index in [-0.39, 0.29) is 24.1 Å². The summed E-state index contributed by atoms with van der Waals surface area (Å²) in [7, 11) is 0. The number of para-hydroxylation sites is 2. The molecule has 1 aliphatic heterocycles. The van der Waals surface area contributed by atoms with Gasteiger partial charge >= 0.3 is 0 Å². The largest absolute Gasteiger partial charge is 0.348 e. The Morgan fingerprint density at radius 3 is 2.38 bits per heavy atom. The summed E-state index contributed by atoms with van der Waals surface area (Å²) in [4.78, 5) is 39.7. The fourth-order valence-corrected chi connectivity index (χ4v) is 3.75. The minimum atomic E-state index is -0.480. The molecule has 2 N–H and O–H groups in total. The minimum absolute atomic E-state index is 0.0829. The lowest BCUT2D eigenvalue weighted by Gasteiger charge is -2.17. The highest BCUT2D eigenvalue weighted by molar-refractivity contribution is 6.07. The Balaban J connectivity index is 1.41. The van der Waals surface area contributed by atoms with Crippen LogP contribution in [0.2, 0.25) is 0 Å². The van der Waals surface area contributed by atoms with Crippen molar-refractivity contribution in [3.05, 3.63) is 95.6 Å². The van der Waals surface area contributed by atoms with Crippen LogP contribution in [0.25, 0.3) is 0 Å². The zero-order valence-corrected chi connectivity index (χ0v) is 17.9. The molecule has 1 aliphatic rings. The van der Waals surface area contributed by atoms with E-state index in [1.54, 1.807) is 29.2 Å². The molecule has 3 amide bonds. The molecule has 1 saturated heterocycles. The SMILES string of the molecule is Cc1ccc(CNC(=O)c2ccccc2NC(=O)C2CC(=O)N(c3ccccc3)C2)cc1. The van der Waals surface area contributed by atoms with Gasteiger partial charge in [-0.25, -0.2) is 0 Å². The van der Waals surface area contributed by atoms with Crippen LogP contribution in [0.4, 0.5) is 11.4 Å². The average Bonchev–Trinajstić information content (AvgIpc) is 3.21. The van der Waals surface area contributed by atoms with Crippen molar-refractivity contribution in [3.63, 3.8) is 0 Å². The van der Waals surface area contributed by atoms with Crippen molar-refractivity contribution in [3.8, 4) is 0 Å². The fraction of sp³-hybridized carbons (Fsp3) is 0.192. The molecule has 3 aromatic rings. The smallest absolute Gasteiger partial charge is 0.253 e. The maximum atomic E-state index is 12.9. The van der Waals surface area contributed by atoms with Crippen molar-refractivity contribution in [2.24, 2.45) is 5.92 Å². The molecule has 0 aliphatic carbocycles. The van der Waals surface area contributed by atoms with Gasteiger partial charge in [-0.2, -0.15) is 0 Å². The number of nitrogens with one attached hydrogen (secondary N) is 2. The van der Waals surface area contributed by atoms with Crippen molar-refractivity contribution in [2.45, 2.75) is 19.9 Å². The standard InChI is InChI=1S/C26H25N3O3/c1-18-11-13-19(14-12-18)16-27-26(32)22-9-5-6-10-23(22)28-25(31)20-15-24(30)29(17-20)21-7-3-2-4-8-21/h2-14,20H,15-17H2,1H3,(H,27,32)(H,28,31). The maximum absolute atomic E-state index is 12.9. The van der Waals surface area contributed by atoms with Gasteiger partial charge in [-0.05, 0) is 36.8 Å². The van der Waals surface area contributed by atoms with Gasteiger partial charge in [0.05, 0.1) is 17.2 Å². The Morgan fingerprint density at radius 2 is 1.62 bits per heavy atom. The molecule has 1 fully saturated rings. The average molecular weight is 428 g/mol. The Morgan fingerprint density at radius 1 is 0.938 bits per heavy atom. The molecule has 0 bridgehead atoms. The lowest BCUT2D eigenvalue weighted by Crippen LogP contribution is -2.29. The number of hydrogen-bond acceptors (Lipinski definition) is 3.